The van der Waals surface area contributed by atoms with Gasteiger partial charge in [-0.3, -0.25) is 9.59 Å². The minimum Gasteiger partial charge on any atom is -0.353 e. The molecule has 2 unspecified atom stereocenters. The smallest absolute Gasteiger partial charge is 0.252 e. The number of hydrogen-bond donors (Lipinski definition) is 3. The van der Waals surface area contributed by atoms with Crippen molar-refractivity contribution in [1.82, 2.24) is 16.0 Å². The van der Waals surface area contributed by atoms with Crippen molar-refractivity contribution in [2.45, 2.75) is 44.2 Å². The van der Waals surface area contributed by atoms with Gasteiger partial charge in [0.05, 0.1) is 11.3 Å². The van der Waals surface area contributed by atoms with E-state index < -0.39 is 0 Å². The molecule has 1 saturated heterocycles. The lowest BCUT2D eigenvalue weighted by atomic mass is 9.95. The Bertz CT molecular complexity index is 583. The van der Waals surface area contributed by atoms with Crippen LogP contribution in [0.25, 0.3) is 0 Å². The molecule has 0 bridgehead atoms. The molecule has 2 rings (SSSR count). The minimum absolute atomic E-state index is 0. The maximum Gasteiger partial charge on any atom is 0.252 e. The number of rotatable bonds is 6. The number of carbonyl (C=O) groups is 2. The molecule has 3 N–H and O–H groups in total. The van der Waals surface area contributed by atoms with Gasteiger partial charge in [-0.05, 0) is 51.4 Å². The summed E-state index contributed by atoms with van der Waals surface area (Å²) in [6.07, 6.45) is 0.943. The van der Waals surface area contributed by atoms with Crippen LogP contribution in [-0.4, -0.2) is 42.7 Å². The van der Waals surface area contributed by atoms with Crippen molar-refractivity contribution < 1.29 is 9.59 Å². The molecular formula is C18H28ClN3O2S. The summed E-state index contributed by atoms with van der Waals surface area (Å²) < 4.78 is 0. The maximum absolute atomic E-state index is 12.7. The van der Waals surface area contributed by atoms with Gasteiger partial charge < -0.3 is 16.0 Å². The van der Waals surface area contributed by atoms with Gasteiger partial charge in [0, 0.05) is 17.0 Å². The Labute approximate surface area is 160 Å². The zero-order valence-corrected chi connectivity index (χ0v) is 16.6. The normalized spacial score (nSPS) is 19.8. The molecule has 1 aliphatic heterocycles. The molecule has 2 atom stereocenters. The molecule has 0 aliphatic carbocycles. The third kappa shape index (κ3) is 6.88. The highest BCUT2D eigenvalue weighted by atomic mass is 35.5. The van der Waals surface area contributed by atoms with Crippen LogP contribution in [0.3, 0.4) is 0 Å². The van der Waals surface area contributed by atoms with Crippen molar-refractivity contribution >= 4 is 36.0 Å². The van der Waals surface area contributed by atoms with Crippen LogP contribution in [0.4, 0.5) is 0 Å². The van der Waals surface area contributed by atoms with Gasteiger partial charge in [0.2, 0.25) is 5.91 Å². The van der Waals surface area contributed by atoms with Crippen LogP contribution in [0.5, 0.6) is 0 Å². The second-order valence-corrected chi connectivity index (χ2v) is 7.57. The predicted molar refractivity (Wildman–Crippen MR) is 106 cm³/mol. The zero-order chi connectivity index (χ0) is 17.5. The van der Waals surface area contributed by atoms with Gasteiger partial charge in [0.25, 0.3) is 5.91 Å². The molecule has 1 aromatic rings. The molecule has 0 spiro atoms. The van der Waals surface area contributed by atoms with Crippen molar-refractivity contribution in [3.8, 4) is 0 Å². The van der Waals surface area contributed by atoms with Crippen LogP contribution < -0.4 is 16.0 Å². The number of nitrogens with one attached hydrogen (secondary N) is 3. The van der Waals surface area contributed by atoms with E-state index in [1.54, 1.807) is 0 Å². The molecule has 5 nitrogen and oxygen atoms in total. The van der Waals surface area contributed by atoms with E-state index in [-0.39, 0.29) is 36.3 Å². The van der Waals surface area contributed by atoms with Crippen LogP contribution in [0, 0.1) is 5.92 Å². The van der Waals surface area contributed by atoms with Crippen molar-refractivity contribution in [1.29, 1.82) is 0 Å². The molecular weight excluding hydrogens is 358 g/mol. The number of piperidine rings is 1. The van der Waals surface area contributed by atoms with Gasteiger partial charge >= 0.3 is 0 Å². The van der Waals surface area contributed by atoms with Crippen molar-refractivity contribution in [3.63, 3.8) is 0 Å². The fraction of sp³-hybridized carbons (Fsp3) is 0.556. The van der Waals surface area contributed by atoms with E-state index in [1.807, 2.05) is 38.1 Å². The lowest BCUT2D eigenvalue weighted by Gasteiger charge is -2.30. The van der Waals surface area contributed by atoms with Crippen molar-refractivity contribution in [2.75, 3.05) is 18.8 Å². The molecule has 1 aromatic carbocycles. The third-order valence-corrected chi connectivity index (χ3v) is 5.12. The number of thioether (sulfide) groups is 1. The first kappa shape index (κ1) is 21.8. The topological polar surface area (TPSA) is 70.2 Å². The molecule has 1 heterocycles. The number of carbonyl (C=O) groups excluding carboxylic acids is 2. The fourth-order valence-corrected chi connectivity index (χ4v) is 3.62. The van der Waals surface area contributed by atoms with E-state index in [9.17, 15) is 9.59 Å². The summed E-state index contributed by atoms with van der Waals surface area (Å²) in [6.45, 7) is 7.88. The van der Waals surface area contributed by atoms with E-state index in [0.717, 1.165) is 24.4 Å². The highest BCUT2D eigenvalue weighted by Crippen LogP contribution is 2.23. The van der Waals surface area contributed by atoms with Gasteiger partial charge in [-0.2, -0.15) is 0 Å². The van der Waals surface area contributed by atoms with Gasteiger partial charge in [-0.1, -0.05) is 19.1 Å². The summed E-state index contributed by atoms with van der Waals surface area (Å²) in [4.78, 5) is 25.3. The van der Waals surface area contributed by atoms with Crippen LogP contribution >= 0.6 is 24.2 Å². The Balaban J connectivity index is 0.00000312. The fourth-order valence-electron chi connectivity index (χ4n) is 2.76. The van der Waals surface area contributed by atoms with E-state index >= 15 is 0 Å². The molecule has 25 heavy (non-hydrogen) atoms. The predicted octanol–water partition coefficient (Wildman–Crippen LogP) is 2.45. The number of amides is 2. The maximum atomic E-state index is 12.7. The molecule has 1 aliphatic rings. The summed E-state index contributed by atoms with van der Waals surface area (Å²) in [7, 11) is 0. The molecule has 0 radical (unpaired) electrons. The largest absolute Gasteiger partial charge is 0.353 e. The number of hydrogen-bond acceptors (Lipinski definition) is 4. The molecule has 140 valence electrons. The summed E-state index contributed by atoms with van der Waals surface area (Å²) in [5, 5.41) is 9.36. The van der Waals surface area contributed by atoms with E-state index in [1.165, 1.54) is 11.8 Å². The Morgan fingerprint density at radius 2 is 2.04 bits per heavy atom. The average molecular weight is 386 g/mol. The van der Waals surface area contributed by atoms with Crippen molar-refractivity contribution in [2.24, 2.45) is 5.92 Å². The van der Waals surface area contributed by atoms with Crippen molar-refractivity contribution in [3.05, 3.63) is 29.8 Å². The summed E-state index contributed by atoms with van der Waals surface area (Å²) in [5.41, 5.74) is 0.644. The Morgan fingerprint density at radius 1 is 1.32 bits per heavy atom. The first-order valence-corrected chi connectivity index (χ1v) is 9.48. The molecule has 0 aromatic heterocycles. The Morgan fingerprint density at radius 3 is 2.72 bits per heavy atom. The van der Waals surface area contributed by atoms with Crippen LogP contribution in [0.1, 0.15) is 37.6 Å². The minimum atomic E-state index is -0.0545. The first-order chi connectivity index (χ1) is 11.5. The van der Waals surface area contributed by atoms with Crippen LogP contribution in [0.15, 0.2) is 29.2 Å². The second-order valence-electron chi connectivity index (χ2n) is 6.56. The highest BCUT2D eigenvalue weighted by molar-refractivity contribution is 8.00. The lowest BCUT2D eigenvalue weighted by Crippen LogP contribution is -2.48. The van der Waals surface area contributed by atoms with E-state index in [2.05, 4.69) is 22.9 Å². The third-order valence-electron chi connectivity index (χ3n) is 4.04. The Kier molecular flexibility index (Phi) is 9.32. The summed E-state index contributed by atoms with van der Waals surface area (Å²) >= 11 is 1.40. The van der Waals surface area contributed by atoms with E-state index in [0.29, 0.717) is 17.2 Å². The van der Waals surface area contributed by atoms with Gasteiger partial charge in [-0.25, -0.2) is 0 Å². The molecule has 0 saturated carbocycles. The van der Waals surface area contributed by atoms with Gasteiger partial charge in [-0.15, -0.1) is 24.2 Å². The molecule has 1 fully saturated rings. The van der Waals surface area contributed by atoms with E-state index in [4.69, 9.17) is 0 Å². The zero-order valence-electron chi connectivity index (χ0n) is 15.0. The second kappa shape index (κ2) is 10.7. The van der Waals surface area contributed by atoms with Crippen LogP contribution in [0.2, 0.25) is 0 Å². The highest BCUT2D eigenvalue weighted by Gasteiger charge is 2.24. The SMILES string of the molecule is CC(C)NC(=O)CSc1ccccc1C(=O)NC1CCNCC1C.Cl. The quantitative estimate of drug-likeness (QED) is 0.658. The number of benzene rings is 1. The number of halogens is 1. The average Bonchev–Trinajstić information content (AvgIpc) is 2.54. The summed E-state index contributed by atoms with van der Waals surface area (Å²) in [5.74, 6) is 0.657. The lowest BCUT2D eigenvalue weighted by molar-refractivity contribution is -0.119. The van der Waals surface area contributed by atoms with Gasteiger partial charge in [0.15, 0.2) is 0 Å². The molecule has 7 heteroatoms. The monoisotopic (exact) mass is 385 g/mol. The van der Waals surface area contributed by atoms with Crippen LogP contribution in [-0.2, 0) is 4.79 Å². The van der Waals surface area contributed by atoms with Gasteiger partial charge in [0.1, 0.15) is 0 Å². The first-order valence-electron chi connectivity index (χ1n) is 8.50. The molecule has 2 amide bonds. The summed E-state index contributed by atoms with van der Waals surface area (Å²) in [6, 6.07) is 7.79. The standard InChI is InChI=1S/C18H27N3O2S.ClH/c1-12(2)20-17(22)11-24-16-7-5-4-6-14(16)18(23)21-15-8-9-19-10-13(15)3;/h4-7,12-13,15,19H,8-11H2,1-3H3,(H,20,22)(H,21,23);1H. The Hall–Kier alpha value is -1.24.